The highest BCUT2D eigenvalue weighted by Crippen LogP contribution is 2.21. The number of hydrogen-bond acceptors (Lipinski definition) is 4. The molecule has 1 aliphatic rings. The molecule has 19 heavy (non-hydrogen) atoms. The first-order chi connectivity index (χ1) is 9.02. The topological polar surface area (TPSA) is 69.6 Å². The summed E-state index contributed by atoms with van der Waals surface area (Å²) in [6, 6.07) is 6.56. The zero-order valence-corrected chi connectivity index (χ0v) is 11.1. The van der Waals surface area contributed by atoms with Crippen molar-refractivity contribution >= 4 is 17.4 Å². The summed E-state index contributed by atoms with van der Waals surface area (Å²) in [5.41, 5.74) is 1.48. The molecule has 2 rings (SSSR count). The fourth-order valence-electron chi connectivity index (χ4n) is 2.30. The smallest absolute Gasteiger partial charge is 0.245 e. The van der Waals surface area contributed by atoms with E-state index in [4.69, 9.17) is 0 Å². The van der Waals surface area contributed by atoms with Crippen LogP contribution in [-0.4, -0.2) is 42.0 Å². The molecule has 1 amide bonds. The summed E-state index contributed by atoms with van der Waals surface area (Å²) in [5, 5.41) is 12.2. The van der Waals surface area contributed by atoms with Crippen LogP contribution in [0.25, 0.3) is 0 Å². The lowest BCUT2D eigenvalue weighted by Gasteiger charge is -2.39. The quantitative estimate of drug-likeness (QED) is 0.782. The zero-order valence-electron chi connectivity index (χ0n) is 11.1. The first-order valence-corrected chi connectivity index (χ1v) is 6.32. The minimum Gasteiger partial charge on any atom is -0.394 e. The number of Topliss-reactive ketones (excluding diaryl/α,β-unsaturated/α-hetero) is 1. The molecule has 5 nitrogen and oxygen atoms in total. The maximum absolute atomic E-state index is 11.8. The van der Waals surface area contributed by atoms with Gasteiger partial charge in [-0.3, -0.25) is 9.59 Å². The lowest BCUT2D eigenvalue weighted by atomic mass is 10.1. The van der Waals surface area contributed by atoms with E-state index in [0.717, 1.165) is 5.69 Å². The van der Waals surface area contributed by atoms with Gasteiger partial charge in [-0.25, -0.2) is 0 Å². The van der Waals surface area contributed by atoms with E-state index >= 15 is 0 Å². The Balaban J connectivity index is 2.27. The van der Waals surface area contributed by atoms with E-state index in [9.17, 15) is 14.7 Å². The number of carbonyl (C=O) groups excluding carboxylic acids is 2. The summed E-state index contributed by atoms with van der Waals surface area (Å²) in [7, 11) is 0. The van der Waals surface area contributed by atoms with Gasteiger partial charge in [0.15, 0.2) is 5.78 Å². The van der Waals surface area contributed by atoms with Crippen LogP contribution in [0.4, 0.5) is 5.69 Å². The average Bonchev–Trinajstić information content (AvgIpc) is 2.38. The first-order valence-electron chi connectivity index (χ1n) is 6.32. The molecule has 1 aromatic carbocycles. The van der Waals surface area contributed by atoms with Crippen molar-refractivity contribution in [1.29, 1.82) is 0 Å². The summed E-state index contributed by atoms with van der Waals surface area (Å²) in [6.07, 6.45) is 0. The van der Waals surface area contributed by atoms with Crippen molar-refractivity contribution < 1.29 is 14.7 Å². The number of nitrogens with one attached hydrogen (secondary N) is 1. The van der Waals surface area contributed by atoms with E-state index in [-0.39, 0.29) is 24.3 Å². The molecule has 1 fully saturated rings. The number of hydrogen-bond donors (Lipinski definition) is 2. The number of anilines is 1. The molecule has 1 aromatic rings. The zero-order chi connectivity index (χ0) is 14.0. The Morgan fingerprint density at radius 3 is 2.58 bits per heavy atom. The van der Waals surface area contributed by atoms with Crippen LogP contribution < -0.4 is 10.2 Å². The fourth-order valence-corrected chi connectivity index (χ4v) is 2.30. The van der Waals surface area contributed by atoms with Gasteiger partial charge in [-0.2, -0.15) is 0 Å². The van der Waals surface area contributed by atoms with Crippen molar-refractivity contribution in [1.82, 2.24) is 5.32 Å². The summed E-state index contributed by atoms with van der Waals surface area (Å²) >= 11 is 0. The van der Waals surface area contributed by atoms with E-state index < -0.39 is 6.04 Å². The van der Waals surface area contributed by atoms with Crippen LogP contribution in [0, 0.1) is 0 Å². The highest BCUT2D eigenvalue weighted by atomic mass is 16.3. The number of carbonyl (C=O) groups is 2. The molecule has 0 aromatic heterocycles. The van der Waals surface area contributed by atoms with E-state index in [2.05, 4.69) is 5.32 Å². The largest absolute Gasteiger partial charge is 0.394 e. The van der Waals surface area contributed by atoms with Gasteiger partial charge in [0.05, 0.1) is 6.61 Å². The maximum atomic E-state index is 11.8. The van der Waals surface area contributed by atoms with Gasteiger partial charge in [0.1, 0.15) is 6.04 Å². The molecule has 0 bridgehead atoms. The predicted octanol–water partition coefficient (Wildman–Crippen LogP) is 0.575. The minimum absolute atomic E-state index is 0.00927. The van der Waals surface area contributed by atoms with Crippen LogP contribution in [0.15, 0.2) is 24.3 Å². The third-order valence-electron chi connectivity index (χ3n) is 3.32. The Kier molecular flexibility index (Phi) is 3.85. The number of rotatable bonds is 3. The van der Waals surface area contributed by atoms with Crippen LogP contribution in [0.2, 0.25) is 0 Å². The third-order valence-corrected chi connectivity index (χ3v) is 3.32. The average molecular weight is 262 g/mol. The van der Waals surface area contributed by atoms with Gasteiger partial charge in [0.2, 0.25) is 5.91 Å². The SMILES string of the molecule is CC(=O)c1ccc(N2CC(C)NC(=O)C2CO)cc1. The summed E-state index contributed by atoms with van der Waals surface area (Å²) in [5.74, 6) is -0.160. The van der Waals surface area contributed by atoms with Crippen LogP contribution in [0.3, 0.4) is 0 Å². The monoisotopic (exact) mass is 262 g/mol. The van der Waals surface area contributed by atoms with Gasteiger partial charge < -0.3 is 15.3 Å². The van der Waals surface area contributed by atoms with Crippen molar-refractivity contribution in [2.24, 2.45) is 0 Å². The molecule has 0 aliphatic carbocycles. The van der Waals surface area contributed by atoms with Crippen LogP contribution in [0.1, 0.15) is 24.2 Å². The highest BCUT2D eigenvalue weighted by molar-refractivity contribution is 5.94. The predicted molar refractivity (Wildman–Crippen MR) is 72.3 cm³/mol. The second-order valence-electron chi connectivity index (χ2n) is 4.86. The van der Waals surface area contributed by atoms with Crippen LogP contribution >= 0.6 is 0 Å². The van der Waals surface area contributed by atoms with E-state index in [1.165, 1.54) is 6.92 Å². The van der Waals surface area contributed by atoms with Gasteiger partial charge >= 0.3 is 0 Å². The molecule has 1 saturated heterocycles. The van der Waals surface area contributed by atoms with E-state index in [1.807, 2.05) is 24.0 Å². The second kappa shape index (κ2) is 5.40. The highest BCUT2D eigenvalue weighted by Gasteiger charge is 2.32. The number of aliphatic hydroxyl groups is 1. The number of aliphatic hydroxyl groups excluding tert-OH is 1. The molecule has 5 heteroatoms. The molecule has 1 aliphatic heterocycles. The molecule has 2 unspecified atom stereocenters. The second-order valence-corrected chi connectivity index (χ2v) is 4.86. The third kappa shape index (κ3) is 2.76. The molecule has 0 saturated carbocycles. The summed E-state index contributed by atoms with van der Waals surface area (Å²) in [6.45, 7) is 3.84. The van der Waals surface area contributed by atoms with E-state index in [1.54, 1.807) is 12.1 Å². The standard InChI is InChI=1S/C14H18N2O3/c1-9-7-16(13(8-17)14(19)15-9)12-5-3-11(4-6-12)10(2)18/h3-6,9,13,17H,7-8H2,1-2H3,(H,15,19). The number of ketones is 1. The Hall–Kier alpha value is -1.88. The molecular weight excluding hydrogens is 244 g/mol. The van der Waals surface area contributed by atoms with Crippen molar-refractivity contribution in [2.45, 2.75) is 25.9 Å². The Morgan fingerprint density at radius 1 is 1.42 bits per heavy atom. The number of amides is 1. The van der Waals surface area contributed by atoms with Gasteiger partial charge in [-0.05, 0) is 38.1 Å². The fraction of sp³-hybridized carbons (Fsp3) is 0.429. The number of benzene rings is 1. The van der Waals surface area contributed by atoms with Crippen molar-refractivity contribution in [2.75, 3.05) is 18.1 Å². The van der Waals surface area contributed by atoms with Gasteiger partial charge in [-0.15, -0.1) is 0 Å². The van der Waals surface area contributed by atoms with Crippen LogP contribution in [0.5, 0.6) is 0 Å². The molecule has 2 N–H and O–H groups in total. The maximum Gasteiger partial charge on any atom is 0.245 e. The molecule has 0 radical (unpaired) electrons. The minimum atomic E-state index is -0.570. The Morgan fingerprint density at radius 2 is 2.05 bits per heavy atom. The summed E-state index contributed by atoms with van der Waals surface area (Å²) < 4.78 is 0. The summed E-state index contributed by atoms with van der Waals surface area (Å²) in [4.78, 5) is 24.9. The van der Waals surface area contributed by atoms with Gasteiger partial charge in [-0.1, -0.05) is 0 Å². The number of piperazine rings is 1. The molecule has 102 valence electrons. The van der Waals surface area contributed by atoms with Gasteiger partial charge in [0, 0.05) is 23.8 Å². The van der Waals surface area contributed by atoms with Gasteiger partial charge in [0.25, 0.3) is 0 Å². The molecule has 0 spiro atoms. The van der Waals surface area contributed by atoms with E-state index in [0.29, 0.717) is 12.1 Å². The first kappa shape index (κ1) is 13.5. The lowest BCUT2D eigenvalue weighted by molar-refractivity contribution is -0.125. The lowest BCUT2D eigenvalue weighted by Crippen LogP contribution is -2.60. The Bertz CT molecular complexity index is 484. The molecular formula is C14H18N2O3. The van der Waals surface area contributed by atoms with Crippen molar-refractivity contribution in [3.05, 3.63) is 29.8 Å². The molecule has 1 heterocycles. The molecule has 2 atom stereocenters. The van der Waals surface area contributed by atoms with Crippen molar-refractivity contribution in [3.8, 4) is 0 Å². The van der Waals surface area contributed by atoms with Crippen molar-refractivity contribution in [3.63, 3.8) is 0 Å². The number of nitrogens with zero attached hydrogens (tertiary/aromatic N) is 1. The van der Waals surface area contributed by atoms with Crippen LogP contribution in [-0.2, 0) is 4.79 Å². The normalized spacial score (nSPS) is 23.1. The Labute approximate surface area is 112 Å².